The Kier molecular flexibility index (Phi) is 6.19. The van der Waals surface area contributed by atoms with Gasteiger partial charge in [0, 0.05) is 17.2 Å². The summed E-state index contributed by atoms with van der Waals surface area (Å²) in [6.07, 6.45) is 0.0769. The quantitative estimate of drug-likeness (QED) is 0.593. The third-order valence-corrected chi connectivity index (χ3v) is 3.79. The summed E-state index contributed by atoms with van der Waals surface area (Å²) < 4.78 is 10.6. The first kappa shape index (κ1) is 18.5. The van der Waals surface area contributed by atoms with Crippen molar-refractivity contribution in [2.45, 2.75) is 13.3 Å². The lowest BCUT2D eigenvalue weighted by molar-refractivity contribution is -0.384. The van der Waals surface area contributed by atoms with Gasteiger partial charge in [-0.3, -0.25) is 14.9 Å². The van der Waals surface area contributed by atoms with Gasteiger partial charge in [0.15, 0.2) is 0 Å². The molecule has 2 aromatic carbocycles. The monoisotopic (exact) mass is 364 g/mol. The average molecular weight is 365 g/mol. The van der Waals surface area contributed by atoms with Crippen molar-refractivity contribution in [1.29, 1.82) is 0 Å². The Morgan fingerprint density at radius 3 is 2.76 bits per heavy atom. The summed E-state index contributed by atoms with van der Waals surface area (Å²) in [5.41, 5.74) is 1.26. The number of rotatable bonds is 7. The van der Waals surface area contributed by atoms with E-state index in [0.717, 1.165) is 5.56 Å². The second-order valence-corrected chi connectivity index (χ2v) is 5.61. The van der Waals surface area contributed by atoms with Crippen LogP contribution in [-0.4, -0.2) is 24.5 Å². The molecule has 8 heteroatoms. The van der Waals surface area contributed by atoms with Crippen LogP contribution in [0.3, 0.4) is 0 Å². The Balaban J connectivity index is 1.92. The molecule has 7 nitrogen and oxygen atoms in total. The summed E-state index contributed by atoms with van der Waals surface area (Å²) in [4.78, 5) is 22.3. The molecule has 1 N–H and O–H groups in total. The van der Waals surface area contributed by atoms with Crippen molar-refractivity contribution in [2.75, 3.05) is 19.0 Å². The van der Waals surface area contributed by atoms with Crippen LogP contribution >= 0.6 is 11.6 Å². The molecule has 0 unspecified atom stereocenters. The molecule has 132 valence electrons. The highest BCUT2D eigenvalue weighted by molar-refractivity contribution is 6.31. The highest BCUT2D eigenvalue weighted by atomic mass is 35.5. The molecule has 2 aromatic rings. The maximum absolute atomic E-state index is 12.1. The van der Waals surface area contributed by atoms with Crippen molar-refractivity contribution < 1.29 is 19.2 Å². The van der Waals surface area contributed by atoms with Gasteiger partial charge in [0.05, 0.1) is 36.8 Å². The van der Waals surface area contributed by atoms with E-state index in [1.54, 1.807) is 18.2 Å². The molecule has 0 aliphatic carbocycles. The summed E-state index contributed by atoms with van der Waals surface area (Å²) >= 11 is 6.03. The lowest BCUT2D eigenvalue weighted by atomic mass is 10.2. The first-order valence-corrected chi connectivity index (χ1v) is 7.79. The number of carbonyl (C=O) groups is 1. The number of hydrogen-bond acceptors (Lipinski definition) is 5. The van der Waals surface area contributed by atoms with E-state index in [1.165, 1.54) is 25.3 Å². The standard InChI is InChI=1S/C17H17ClN2O5/c1-11-8-15(16(24-2)10-14(11)18)19-17(21)6-7-25-13-5-3-4-12(9-13)20(22)23/h3-5,8-10H,6-7H2,1-2H3,(H,19,21). The van der Waals surface area contributed by atoms with Gasteiger partial charge in [-0.1, -0.05) is 17.7 Å². The van der Waals surface area contributed by atoms with Crippen molar-refractivity contribution in [3.05, 3.63) is 57.1 Å². The van der Waals surface area contributed by atoms with Crippen LogP contribution in [0, 0.1) is 17.0 Å². The van der Waals surface area contributed by atoms with Crippen LogP contribution in [0.25, 0.3) is 0 Å². The highest BCUT2D eigenvalue weighted by Crippen LogP contribution is 2.31. The number of nitrogens with zero attached hydrogens (tertiary/aromatic N) is 1. The topological polar surface area (TPSA) is 90.7 Å². The van der Waals surface area contributed by atoms with E-state index in [9.17, 15) is 14.9 Å². The van der Waals surface area contributed by atoms with Gasteiger partial charge in [0.1, 0.15) is 11.5 Å². The highest BCUT2D eigenvalue weighted by Gasteiger charge is 2.11. The van der Waals surface area contributed by atoms with Gasteiger partial charge in [-0.15, -0.1) is 0 Å². The number of benzene rings is 2. The van der Waals surface area contributed by atoms with Crippen molar-refractivity contribution in [2.24, 2.45) is 0 Å². The molecular formula is C17H17ClN2O5. The number of halogens is 1. The first-order valence-electron chi connectivity index (χ1n) is 7.42. The smallest absolute Gasteiger partial charge is 0.273 e. The zero-order valence-electron chi connectivity index (χ0n) is 13.7. The van der Waals surface area contributed by atoms with Crippen molar-refractivity contribution >= 4 is 28.9 Å². The van der Waals surface area contributed by atoms with E-state index < -0.39 is 4.92 Å². The molecule has 0 bridgehead atoms. The van der Waals surface area contributed by atoms with E-state index >= 15 is 0 Å². The lowest BCUT2D eigenvalue weighted by Crippen LogP contribution is -2.16. The van der Waals surface area contributed by atoms with Gasteiger partial charge < -0.3 is 14.8 Å². The van der Waals surface area contributed by atoms with E-state index in [1.807, 2.05) is 6.92 Å². The fourth-order valence-corrected chi connectivity index (χ4v) is 2.24. The Morgan fingerprint density at radius 1 is 1.32 bits per heavy atom. The Labute approximate surface area is 149 Å². The molecule has 0 aliphatic rings. The van der Waals surface area contributed by atoms with Crippen LogP contribution in [0.2, 0.25) is 5.02 Å². The minimum atomic E-state index is -0.505. The van der Waals surface area contributed by atoms with Gasteiger partial charge >= 0.3 is 0 Å². The number of amides is 1. The fourth-order valence-electron chi connectivity index (χ4n) is 2.09. The fraction of sp³-hybridized carbons (Fsp3) is 0.235. The number of nitro groups is 1. The maximum Gasteiger partial charge on any atom is 0.273 e. The van der Waals surface area contributed by atoms with Crippen LogP contribution in [-0.2, 0) is 4.79 Å². The number of methoxy groups -OCH3 is 1. The Bertz CT molecular complexity index is 795. The normalized spacial score (nSPS) is 10.2. The summed E-state index contributed by atoms with van der Waals surface area (Å²) in [6, 6.07) is 9.15. The summed E-state index contributed by atoms with van der Waals surface area (Å²) in [5.74, 6) is 0.524. The van der Waals surface area contributed by atoms with Crippen LogP contribution in [0.5, 0.6) is 11.5 Å². The van der Waals surface area contributed by atoms with Crippen molar-refractivity contribution in [3.8, 4) is 11.5 Å². The molecule has 1 amide bonds. The molecule has 0 saturated heterocycles. The lowest BCUT2D eigenvalue weighted by Gasteiger charge is -2.12. The molecular weight excluding hydrogens is 348 g/mol. The molecule has 0 aliphatic heterocycles. The zero-order chi connectivity index (χ0) is 18.4. The Hall–Kier alpha value is -2.80. The maximum atomic E-state index is 12.1. The van der Waals surface area contributed by atoms with Gasteiger partial charge in [-0.25, -0.2) is 0 Å². The molecule has 0 heterocycles. The number of anilines is 1. The first-order chi connectivity index (χ1) is 11.9. The molecule has 25 heavy (non-hydrogen) atoms. The number of hydrogen-bond donors (Lipinski definition) is 1. The van der Waals surface area contributed by atoms with Gasteiger partial charge in [-0.2, -0.15) is 0 Å². The second kappa shape index (κ2) is 8.34. The summed E-state index contributed by atoms with van der Waals surface area (Å²) in [7, 11) is 1.49. The van der Waals surface area contributed by atoms with Crippen LogP contribution in [0.4, 0.5) is 11.4 Å². The number of nitrogens with one attached hydrogen (secondary N) is 1. The third-order valence-electron chi connectivity index (χ3n) is 3.38. The SMILES string of the molecule is COc1cc(Cl)c(C)cc1NC(=O)CCOc1cccc([N+](=O)[O-])c1. The summed E-state index contributed by atoms with van der Waals surface area (Å²) in [6.45, 7) is 1.91. The number of aryl methyl sites for hydroxylation is 1. The Morgan fingerprint density at radius 2 is 2.08 bits per heavy atom. The number of nitro benzene ring substituents is 1. The van der Waals surface area contributed by atoms with Crippen molar-refractivity contribution in [1.82, 2.24) is 0 Å². The number of carbonyl (C=O) groups excluding carboxylic acids is 1. The predicted octanol–water partition coefficient (Wildman–Crippen LogP) is 3.97. The summed E-state index contributed by atoms with van der Waals surface area (Å²) in [5, 5.41) is 14.0. The van der Waals surface area contributed by atoms with Crippen LogP contribution < -0.4 is 14.8 Å². The third kappa shape index (κ3) is 5.09. The molecule has 0 atom stereocenters. The number of ether oxygens (including phenoxy) is 2. The predicted molar refractivity (Wildman–Crippen MR) is 94.6 cm³/mol. The second-order valence-electron chi connectivity index (χ2n) is 5.20. The minimum absolute atomic E-state index is 0.0664. The molecule has 0 spiro atoms. The van der Waals surface area contributed by atoms with E-state index in [-0.39, 0.29) is 24.6 Å². The molecule has 0 fully saturated rings. The average Bonchev–Trinajstić information content (AvgIpc) is 2.58. The zero-order valence-corrected chi connectivity index (χ0v) is 14.5. The van der Waals surface area contributed by atoms with Crippen LogP contribution in [0.15, 0.2) is 36.4 Å². The molecule has 0 saturated carbocycles. The van der Waals surface area contributed by atoms with E-state index in [4.69, 9.17) is 21.1 Å². The van der Waals surface area contributed by atoms with Gasteiger partial charge in [0.2, 0.25) is 5.91 Å². The van der Waals surface area contributed by atoms with Crippen LogP contribution in [0.1, 0.15) is 12.0 Å². The minimum Gasteiger partial charge on any atom is -0.495 e. The van der Waals surface area contributed by atoms with E-state index in [0.29, 0.717) is 22.2 Å². The van der Waals surface area contributed by atoms with Gasteiger partial charge in [-0.05, 0) is 24.6 Å². The molecule has 2 rings (SSSR count). The van der Waals surface area contributed by atoms with Crippen molar-refractivity contribution in [3.63, 3.8) is 0 Å². The number of non-ortho nitro benzene ring substituents is 1. The van der Waals surface area contributed by atoms with Gasteiger partial charge in [0.25, 0.3) is 5.69 Å². The van der Waals surface area contributed by atoms with E-state index in [2.05, 4.69) is 5.32 Å². The molecule has 0 aromatic heterocycles. The largest absolute Gasteiger partial charge is 0.495 e. The molecule has 0 radical (unpaired) electrons.